The lowest BCUT2D eigenvalue weighted by Crippen LogP contribution is -2.17. The minimum absolute atomic E-state index is 0.211. The van der Waals surface area contributed by atoms with E-state index in [0.717, 1.165) is 31.6 Å². The number of nitrogens with one attached hydrogen (secondary N) is 1. The zero-order valence-electron chi connectivity index (χ0n) is 10.9. The molecule has 0 radical (unpaired) electrons. The van der Waals surface area contributed by atoms with Crippen molar-refractivity contribution in [1.82, 2.24) is 19.6 Å². The predicted octanol–water partition coefficient (Wildman–Crippen LogP) is 1.99. The molecule has 0 amide bonds. The number of aromatic nitrogens is 4. The Morgan fingerprint density at radius 3 is 3.05 bits per heavy atom. The van der Waals surface area contributed by atoms with Gasteiger partial charge >= 0.3 is 0 Å². The molecule has 7 heteroatoms. The molecule has 1 unspecified atom stereocenters. The van der Waals surface area contributed by atoms with Crippen molar-refractivity contribution in [3.8, 4) is 0 Å². The molecular weight excluding hydrogens is 266 g/mol. The Labute approximate surface area is 116 Å². The molecule has 2 aromatic heterocycles. The first kappa shape index (κ1) is 14.0. The molecule has 2 aromatic rings. The average Bonchev–Trinajstić information content (AvgIpc) is 2.84. The minimum Gasteiger partial charge on any atom is -0.396 e. The highest BCUT2D eigenvalue weighted by atomic mass is 35.5. The van der Waals surface area contributed by atoms with Crippen LogP contribution >= 0.6 is 11.6 Å². The molecule has 6 nitrogen and oxygen atoms in total. The summed E-state index contributed by atoms with van der Waals surface area (Å²) in [6.45, 7) is 3.12. The normalized spacial score (nSPS) is 12.8. The average molecular weight is 284 g/mol. The van der Waals surface area contributed by atoms with Gasteiger partial charge in [0, 0.05) is 19.2 Å². The number of hydrogen-bond donors (Lipinski definition) is 2. The predicted molar refractivity (Wildman–Crippen MR) is 74.4 cm³/mol. The first-order valence-electron chi connectivity index (χ1n) is 6.45. The Bertz CT molecular complexity index is 524. The van der Waals surface area contributed by atoms with Crippen LogP contribution in [0.5, 0.6) is 0 Å². The molecule has 0 saturated heterocycles. The van der Waals surface area contributed by atoms with Crippen LogP contribution in [-0.4, -0.2) is 37.8 Å². The van der Waals surface area contributed by atoms with Crippen LogP contribution in [0.15, 0.2) is 12.4 Å². The van der Waals surface area contributed by atoms with Crippen LogP contribution in [0, 0.1) is 5.92 Å². The minimum atomic E-state index is 0.211. The van der Waals surface area contributed by atoms with Crippen LogP contribution in [0.2, 0.25) is 5.15 Å². The third-order valence-electron chi connectivity index (χ3n) is 3.03. The van der Waals surface area contributed by atoms with Crippen molar-refractivity contribution in [3.05, 3.63) is 17.5 Å². The van der Waals surface area contributed by atoms with E-state index < -0.39 is 0 Å². The van der Waals surface area contributed by atoms with Gasteiger partial charge in [-0.15, -0.1) is 0 Å². The molecule has 0 fully saturated rings. The van der Waals surface area contributed by atoms with Crippen LogP contribution in [-0.2, 0) is 0 Å². The summed E-state index contributed by atoms with van der Waals surface area (Å²) in [7, 11) is 0. The van der Waals surface area contributed by atoms with Gasteiger partial charge < -0.3 is 10.4 Å². The number of aliphatic hydroxyl groups excluding tert-OH is 1. The SMILES string of the molecule is CCCC(CCO)CNc1cc(Cl)nc2ncnn12. The zero-order valence-corrected chi connectivity index (χ0v) is 11.6. The van der Waals surface area contributed by atoms with Gasteiger partial charge in [-0.3, -0.25) is 0 Å². The van der Waals surface area contributed by atoms with Crippen LogP contribution < -0.4 is 5.32 Å². The third-order valence-corrected chi connectivity index (χ3v) is 3.22. The van der Waals surface area contributed by atoms with Gasteiger partial charge in [0.2, 0.25) is 0 Å². The lowest BCUT2D eigenvalue weighted by Gasteiger charge is -2.16. The monoisotopic (exact) mass is 283 g/mol. The molecule has 19 heavy (non-hydrogen) atoms. The second-order valence-electron chi connectivity index (χ2n) is 4.48. The summed E-state index contributed by atoms with van der Waals surface area (Å²) < 4.78 is 1.62. The largest absolute Gasteiger partial charge is 0.396 e. The maximum Gasteiger partial charge on any atom is 0.255 e. The van der Waals surface area contributed by atoms with E-state index in [2.05, 4.69) is 27.3 Å². The molecule has 0 aliphatic rings. The van der Waals surface area contributed by atoms with Crippen molar-refractivity contribution in [3.63, 3.8) is 0 Å². The number of rotatable bonds is 7. The standard InChI is InChI=1S/C12H18ClN5O/c1-2-3-9(4-5-19)7-14-11-6-10(13)17-12-15-8-16-18(11)12/h6,8-9,14,19H,2-5,7H2,1H3. The third kappa shape index (κ3) is 3.54. The quantitative estimate of drug-likeness (QED) is 0.760. The second kappa shape index (κ2) is 6.68. The van der Waals surface area contributed by atoms with E-state index in [1.807, 2.05) is 0 Å². The lowest BCUT2D eigenvalue weighted by atomic mass is 10.0. The Balaban J connectivity index is 2.09. The Morgan fingerprint density at radius 2 is 2.32 bits per heavy atom. The van der Waals surface area contributed by atoms with Gasteiger partial charge in [0.05, 0.1) is 0 Å². The Morgan fingerprint density at radius 1 is 1.47 bits per heavy atom. The molecule has 2 N–H and O–H groups in total. The lowest BCUT2D eigenvalue weighted by molar-refractivity contribution is 0.255. The van der Waals surface area contributed by atoms with Crippen molar-refractivity contribution >= 4 is 23.2 Å². The molecule has 0 spiro atoms. The van der Waals surface area contributed by atoms with E-state index in [1.165, 1.54) is 6.33 Å². The molecule has 2 rings (SSSR count). The van der Waals surface area contributed by atoms with Crippen LogP contribution in [0.4, 0.5) is 5.82 Å². The smallest absolute Gasteiger partial charge is 0.255 e. The maximum absolute atomic E-state index is 9.06. The van der Waals surface area contributed by atoms with Crippen molar-refractivity contribution in [2.75, 3.05) is 18.5 Å². The maximum atomic E-state index is 9.06. The van der Waals surface area contributed by atoms with Gasteiger partial charge in [0.25, 0.3) is 5.78 Å². The number of nitrogens with zero attached hydrogens (tertiary/aromatic N) is 4. The van der Waals surface area contributed by atoms with E-state index >= 15 is 0 Å². The molecule has 0 aliphatic heterocycles. The number of anilines is 1. The number of hydrogen-bond acceptors (Lipinski definition) is 5. The van der Waals surface area contributed by atoms with Crippen molar-refractivity contribution in [2.45, 2.75) is 26.2 Å². The number of aliphatic hydroxyl groups is 1. The molecule has 1 atom stereocenters. The van der Waals surface area contributed by atoms with Gasteiger partial charge in [0.15, 0.2) is 0 Å². The molecule has 2 heterocycles. The van der Waals surface area contributed by atoms with E-state index in [4.69, 9.17) is 16.7 Å². The summed E-state index contributed by atoms with van der Waals surface area (Å²) in [5.74, 6) is 1.68. The van der Waals surface area contributed by atoms with E-state index in [-0.39, 0.29) is 6.61 Å². The number of fused-ring (bicyclic) bond motifs is 1. The van der Waals surface area contributed by atoms with Gasteiger partial charge in [-0.05, 0) is 18.8 Å². The summed E-state index contributed by atoms with van der Waals surface area (Å²) >= 11 is 5.95. The van der Waals surface area contributed by atoms with Crippen molar-refractivity contribution in [1.29, 1.82) is 0 Å². The number of halogens is 1. The van der Waals surface area contributed by atoms with Crippen molar-refractivity contribution < 1.29 is 5.11 Å². The van der Waals surface area contributed by atoms with Crippen LogP contribution in [0.1, 0.15) is 26.2 Å². The summed E-state index contributed by atoms with van der Waals surface area (Å²) in [5, 5.41) is 16.9. The molecular formula is C12H18ClN5O. The highest BCUT2D eigenvalue weighted by molar-refractivity contribution is 6.29. The molecule has 0 saturated carbocycles. The van der Waals surface area contributed by atoms with Gasteiger partial charge in [-0.1, -0.05) is 24.9 Å². The fraction of sp³-hybridized carbons (Fsp3) is 0.583. The van der Waals surface area contributed by atoms with E-state index in [0.29, 0.717) is 16.8 Å². The van der Waals surface area contributed by atoms with Gasteiger partial charge in [-0.25, -0.2) is 0 Å². The fourth-order valence-corrected chi connectivity index (χ4v) is 2.28. The molecule has 104 valence electrons. The Hall–Kier alpha value is -1.40. The molecule has 0 aliphatic carbocycles. The Kier molecular flexibility index (Phi) is 4.93. The fourth-order valence-electron chi connectivity index (χ4n) is 2.10. The summed E-state index contributed by atoms with van der Waals surface area (Å²) in [4.78, 5) is 8.09. The summed E-state index contributed by atoms with van der Waals surface area (Å²) in [6, 6.07) is 1.73. The first-order chi connectivity index (χ1) is 9.24. The summed E-state index contributed by atoms with van der Waals surface area (Å²) in [5.41, 5.74) is 0. The zero-order chi connectivity index (χ0) is 13.7. The van der Waals surface area contributed by atoms with Gasteiger partial charge in [-0.2, -0.15) is 19.6 Å². The summed E-state index contributed by atoms with van der Waals surface area (Å²) in [6.07, 6.45) is 4.41. The van der Waals surface area contributed by atoms with Crippen molar-refractivity contribution in [2.24, 2.45) is 5.92 Å². The topological polar surface area (TPSA) is 75.3 Å². The first-order valence-corrected chi connectivity index (χ1v) is 6.83. The molecule has 0 bridgehead atoms. The van der Waals surface area contributed by atoms with Crippen LogP contribution in [0.25, 0.3) is 5.78 Å². The highest BCUT2D eigenvalue weighted by Gasteiger charge is 2.10. The van der Waals surface area contributed by atoms with Crippen LogP contribution in [0.3, 0.4) is 0 Å². The van der Waals surface area contributed by atoms with E-state index in [1.54, 1.807) is 10.6 Å². The second-order valence-corrected chi connectivity index (χ2v) is 4.87. The highest BCUT2D eigenvalue weighted by Crippen LogP contribution is 2.17. The molecule has 0 aromatic carbocycles. The van der Waals surface area contributed by atoms with E-state index in [9.17, 15) is 0 Å². The van der Waals surface area contributed by atoms with Gasteiger partial charge in [0.1, 0.15) is 17.3 Å².